The molecule has 0 spiro atoms. The summed E-state index contributed by atoms with van der Waals surface area (Å²) in [6.45, 7) is 1.65. The smallest absolute Gasteiger partial charge is 0.252 e. The number of nitrogens with one attached hydrogen (secondary N) is 1. The minimum atomic E-state index is -3.27. The van der Waals surface area contributed by atoms with Crippen molar-refractivity contribution in [1.29, 1.82) is 0 Å². The van der Waals surface area contributed by atoms with Gasteiger partial charge in [0.2, 0.25) is 0 Å². The molecule has 2 rings (SSSR count). The molecule has 1 saturated heterocycles. The molecular formula is C9H14N2O2S2. The Morgan fingerprint density at radius 2 is 2.40 bits per heavy atom. The maximum Gasteiger partial charge on any atom is 0.252 e. The van der Waals surface area contributed by atoms with E-state index in [4.69, 9.17) is 0 Å². The first-order valence-corrected chi connectivity index (χ1v) is 7.16. The molecule has 1 aliphatic heterocycles. The van der Waals surface area contributed by atoms with Crippen molar-refractivity contribution in [3.63, 3.8) is 0 Å². The summed E-state index contributed by atoms with van der Waals surface area (Å²) in [7, 11) is -1.61. The maximum atomic E-state index is 12.1. The molecule has 0 amide bonds. The molecule has 1 aromatic heterocycles. The summed E-state index contributed by atoms with van der Waals surface area (Å²) in [5.41, 5.74) is 0. The quantitative estimate of drug-likeness (QED) is 0.855. The summed E-state index contributed by atoms with van der Waals surface area (Å²) in [5, 5.41) is 4.95. The Morgan fingerprint density at radius 3 is 2.93 bits per heavy atom. The van der Waals surface area contributed by atoms with Crippen molar-refractivity contribution in [2.24, 2.45) is 0 Å². The monoisotopic (exact) mass is 246 g/mol. The van der Waals surface area contributed by atoms with Gasteiger partial charge in [0.1, 0.15) is 4.21 Å². The van der Waals surface area contributed by atoms with Gasteiger partial charge >= 0.3 is 0 Å². The highest BCUT2D eigenvalue weighted by Gasteiger charge is 2.30. The van der Waals surface area contributed by atoms with Crippen LogP contribution in [0.25, 0.3) is 0 Å². The van der Waals surface area contributed by atoms with Gasteiger partial charge in [-0.1, -0.05) is 6.07 Å². The van der Waals surface area contributed by atoms with Crippen molar-refractivity contribution in [3.8, 4) is 0 Å². The van der Waals surface area contributed by atoms with Crippen LogP contribution in [0.15, 0.2) is 21.7 Å². The second-order valence-electron chi connectivity index (χ2n) is 3.60. The molecule has 1 aromatic rings. The second-order valence-corrected chi connectivity index (χ2v) is 6.77. The van der Waals surface area contributed by atoms with E-state index in [9.17, 15) is 8.42 Å². The van der Waals surface area contributed by atoms with Crippen LogP contribution in [0, 0.1) is 0 Å². The minimum absolute atomic E-state index is 0.0945. The van der Waals surface area contributed by atoms with Crippen LogP contribution in [0.3, 0.4) is 0 Å². The highest BCUT2D eigenvalue weighted by Crippen LogP contribution is 2.22. The highest BCUT2D eigenvalue weighted by atomic mass is 32.2. The number of sulfonamides is 1. The molecular weight excluding hydrogens is 232 g/mol. The third-order valence-electron chi connectivity index (χ3n) is 2.68. The molecule has 0 saturated carbocycles. The normalized spacial score (nSPS) is 22.4. The van der Waals surface area contributed by atoms with Gasteiger partial charge in [0.05, 0.1) is 0 Å². The van der Waals surface area contributed by atoms with Gasteiger partial charge in [-0.25, -0.2) is 8.42 Å². The van der Waals surface area contributed by atoms with E-state index in [0.29, 0.717) is 4.21 Å². The SMILES string of the molecule is CN([C@@H]1CCNC1)S(=O)(=O)c1cccs1. The Labute approximate surface area is 94.0 Å². The van der Waals surface area contributed by atoms with E-state index in [1.165, 1.54) is 15.6 Å². The Kier molecular flexibility index (Phi) is 3.11. The average molecular weight is 246 g/mol. The van der Waals surface area contributed by atoms with Crippen molar-refractivity contribution < 1.29 is 8.42 Å². The Hall–Kier alpha value is -0.430. The number of likely N-dealkylation sites (N-methyl/N-ethyl adjacent to an activating group) is 1. The molecule has 1 N–H and O–H groups in total. The molecule has 2 heterocycles. The standard InChI is InChI=1S/C9H14N2O2S2/c1-11(8-4-5-10-7-8)15(12,13)9-3-2-6-14-9/h2-3,6,8,10H,4-5,7H2,1H3/t8-/m1/s1. The van der Waals surface area contributed by atoms with Crippen LogP contribution in [0.2, 0.25) is 0 Å². The Morgan fingerprint density at radius 1 is 1.60 bits per heavy atom. The van der Waals surface area contributed by atoms with Crippen LogP contribution in [0.5, 0.6) is 0 Å². The van der Waals surface area contributed by atoms with Gasteiger partial charge in [0, 0.05) is 19.6 Å². The molecule has 0 radical (unpaired) electrons. The number of thiophene rings is 1. The van der Waals surface area contributed by atoms with E-state index < -0.39 is 10.0 Å². The van der Waals surface area contributed by atoms with Gasteiger partial charge in [0.25, 0.3) is 10.0 Å². The van der Waals surface area contributed by atoms with Crippen molar-refractivity contribution in [1.82, 2.24) is 9.62 Å². The van der Waals surface area contributed by atoms with E-state index in [1.54, 1.807) is 24.6 Å². The second kappa shape index (κ2) is 4.21. The molecule has 4 nitrogen and oxygen atoms in total. The molecule has 84 valence electrons. The lowest BCUT2D eigenvalue weighted by molar-refractivity contribution is 0.389. The van der Waals surface area contributed by atoms with Crippen molar-refractivity contribution in [2.75, 3.05) is 20.1 Å². The lowest BCUT2D eigenvalue weighted by Crippen LogP contribution is -2.37. The molecule has 1 fully saturated rings. The van der Waals surface area contributed by atoms with Gasteiger partial charge in [0.15, 0.2) is 0 Å². The minimum Gasteiger partial charge on any atom is -0.315 e. The van der Waals surface area contributed by atoms with E-state index >= 15 is 0 Å². The maximum absolute atomic E-state index is 12.1. The van der Waals surface area contributed by atoms with Crippen molar-refractivity contribution in [2.45, 2.75) is 16.7 Å². The predicted octanol–water partition coefficient (Wildman–Crippen LogP) is 0.730. The van der Waals surface area contributed by atoms with Crippen LogP contribution in [-0.4, -0.2) is 38.9 Å². The third kappa shape index (κ3) is 2.08. The van der Waals surface area contributed by atoms with Gasteiger partial charge in [-0.2, -0.15) is 4.31 Å². The summed E-state index contributed by atoms with van der Waals surface area (Å²) in [5.74, 6) is 0. The fraction of sp³-hybridized carbons (Fsp3) is 0.556. The summed E-state index contributed by atoms with van der Waals surface area (Å²) in [6.07, 6.45) is 0.890. The van der Waals surface area contributed by atoms with Crippen LogP contribution in [0.4, 0.5) is 0 Å². The predicted molar refractivity (Wildman–Crippen MR) is 60.5 cm³/mol. The lowest BCUT2D eigenvalue weighted by Gasteiger charge is -2.22. The molecule has 1 aliphatic rings. The van der Waals surface area contributed by atoms with Gasteiger partial charge in [-0.15, -0.1) is 11.3 Å². The van der Waals surface area contributed by atoms with Crippen LogP contribution >= 0.6 is 11.3 Å². The van der Waals surface area contributed by atoms with Crippen molar-refractivity contribution in [3.05, 3.63) is 17.5 Å². The zero-order valence-electron chi connectivity index (χ0n) is 8.51. The Bertz CT molecular complexity index is 407. The number of hydrogen-bond acceptors (Lipinski definition) is 4. The Balaban J connectivity index is 2.22. The van der Waals surface area contributed by atoms with Crippen LogP contribution in [0.1, 0.15) is 6.42 Å². The van der Waals surface area contributed by atoms with Crippen LogP contribution < -0.4 is 5.32 Å². The van der Waals surface area contributed by atoms with E-state index in [2.05, 4.69) is 5.32 Å². The lowest BCUT2D eigenvalue weighted by atomic mass is 10.3. The van der Waals surface area contributed by atoms with Gasteiger partial charge in [-0.3, -0.25) is 0 Å². The zero-order chi connectivity index (χ0) is 10.9. The summed E-state index contributed by atoms with van der Waals surface area (Å²) < 4.78 is 26.1. The zero-order valence-corrected chi connectivity index (χ0v) is 10.1. The topological polar surface area (TPSA) is 49.4 Å². The number of nitrogens with zero attached hydrogens (tertiary/aromatic N) is 1. The molecule has 0 bridgehead atoms. The van der Waals surface area contributed by atoms with E-state index in [1.807, 2.05) is 0 Å². The first-order valence-electron chi connectivity index (χ1n) is 4.84. The molecule has 0 aromatic carbocycles. The molecule has 1 atom stereocenters. The van der Waals surface area contributed by atoms with Gasteiger partial charge in [-0.05, 0) is 24.4 Å². The van der Waals surface area contributed by atoms with Crippen molar-refractivity contribution >= 4 is 21.4 Å². The van der Waals surface area contributed by atoms with E-state index in [0.717, 1.165) is 19.5 Å². The molecule has 6 heteroatoms. The summed E-state index contributed by atoms with van der Waals surface area (Å²) in [4.78, 5) is 0. The summed E-state index contributed by atoms with van der Waals surface area (Å²) >= 11 is 1.27. The molecule has 15 heavy (non-hydrogen) atoms. The fourth-order valence-corrected chi connectivity index (χ4v) is 4.26. The first-order chi connectivity index (χ1) is 7.12. The summed E-state index contributed by atoms with van der Waals surface area (Å²) in [6, 6.07) is 3.51. The fourth-order valence-electron chi connectivity index (χ4n) is 1.70. The van der Waals surface area contributed by atoms with Crippen LogP contribution in [-0.2, 0) is 10.0 Å². The number of rotatable bonds is 3. The first kappa shape index (κ1) is 11.1. The average Bonchev–Trinajstić information content (AvgIpc) is 2.89. The molecule has 0 aliphatic carbocycles. The highest BCUT2D eigenvalue weighted by molar-refractivity contribution is 7.91. The molecule has 0 unspecified atom stereocenters. The number of hydrogen-bond donors (Lipinski definition) is 1. The van der Waals surface area contributed by atoms with E-state index in [-0.39, 0.29) is 6.04 Å². The van der Waals surface area contributed by atoms with Gasteiger partial charge < -0.3 is 5.32 Å². The third-order valence-corrected chi connectivity index (χ3v) is 5.96. The largest absolute Gasteiger partial charge is 0.315 e.